The maximum atomic E-state index is 12.8. The highest BCUT2D eigenvalue weighted by atomic mass is 35.5. The van der Waals surface area contributed by atoms with Gasteiger partial charge in [-0.25, -0.2) is 4.79 Å². The van der Waals surface area contributed by atoms with E-state index in [9.17, 15) is 18.0 Å². The summed E-state index contributed by atoms with van der Waals surface area (Å²) in [5.74, 6) is -1.66. The number of hydrogen-bond donors (Lipinski definition) is 3. The second-order valence-corrected chi connectivity index (χ2v) is 7.66. The summed E-state index contributed by atoms with van der Waals surface area (Å²) in [6.07, 6.45) is -3.52. The van der Waals surface area contributed by atoms with Crippen LogP contribution in [0.3, 0.4) is 0 Å². The van der Waals surface area contributed by atoms with Crippen molar-refractivity contribution < 1.29 is 37.3 Å². The van der Waals surface area contributed by atoms with E-state index in [2.05, 4.69) is 10.4 Å². The molecule has 0 saturated carbocycles. The number of halogens is 4. The fraction of sp³-hybridized carbons (Fsp3) is 0.261. The van der Waals surface area contributed by atoms with Gasteiger partial charge in [0.25, 0.3) is 5.91 Å². The maximum Gasteiger partial charge on any atom is 0.490 e. The van der Waals surface area contributed by atoms with E-state index in [4.69, 9.17) is 36.7 Å². The van der Waals surface area contributed by atoms with Crippen molar-refractivity contribution in [1.82, 2.24) is 9.78 Å². The Hall–Kier alpha value is -3.77. The largest absolute Gasteiger partial charge is 0.497 e. The summed E-state index contributed by atoms with van der Waals surface area (Å²) in [6.45, 7) is 2.61. The van der Waals surface area contributed by atoms with Crippen molar-refractivity contribution in [1.29, 1.82) is 0 Å². The fourth-order valence-electron chi connectivity index (χ4n) is 3.02. The van der Waals surface area contributed by atoms with Gasteiger partial charge >= 0.3 is 12.1 Å². The number of rotatable bonds is 7. The predicted octanol–water partition coefficient (Wildman–Crippen LogP) is 4.28. The third-order valence-corrected chi connectivity index (χ3v) is 4.96. The normalized spacial score (nSPS) is 10.8. The molecule has 0 aliphatic heterocycles. The van der Waals surface area contributed by atoms with Crippen molar-refractivity contribution in [3.63, 3.8) is 0 Å². The minimum absolute atomic E-state index is 0.220. The van der Waals surface area contributed by atoms with Gasteiger partial charge in [-0.2, -0.15) is 18.3 Å². The van der Waals surface area contributed by atoms with E-state index in [-0.39, 0.29) is 5.91 Å². The number of nitrogens with zero attached hydrogens (tertiary/aromatic N) is 2. The van der Waals surface area contributed by atoms with Crippen molar-refractivity contribution >= 4 is 29.2 Å². The Kier molecular flexibility index (Phi) is 9.70. The summed E-state index contributed by atoms with van der Waals surface area (Å²) in [5.41, 5.74) is 8.96. The van der Waals surface area contributed by atoms with E-state index >= 15 is 0 Å². The number of carboxylic acids is 1. The summed E-state index contributed by atoms with van der Waals surface area (Å²) < 4.78 is 44.4. The van der Waals surface area contributed by atoms with Crippen LogP contribution in [-0.4, -0.2) is 53.2 Å². The molecule has 0 saturated heterocycles. The van der Waals surface area contributed by atoms with Gasteiger partial charge in [-0.15, -0.1) is 0 Å². The molecule has 3 rings (SSSR count). The van der Waals surface area contributed by atoms with Crippen molar-refractivity contribution in [2.75, 3.05) is 25.6 Å². The Balaban J connectivity index is 0.000000572. The highest BCUT2D eigenvalue weighted by Crippen LogP contribution is 2.36. The number of carboxylic acid groups (broad SMARTS) is 1. The van der Waals surface area contributed by atoms with Crippen LogP contribution in [0, 0.1) is 6.92 Å². The lowest BCUT2D eigenvalue weighted by molar-refractivity contribution is -0.192. The summed E-state index contributed by atoms with van der Waals surface area (Å²) in [6, 6.07) is 10.7. The smallest absolute Gasteiger partial charge is 0.490 e. The van der Waals surface area contributed by atoms with Gasteiger partial charge in [0.2, 0.25) is 0 Å². The number of anilines is 1. The lowest BCUT2D eigenvalue weighted by Gasteiger charge is -2.15. The van der Waals surface area contributed by atoms with Gasteiger partial charge in [0.15, 0.2) is 0 Å². The van der Waals surface area contributed by atoms with Crippen LogP contribution < -0.4 is 20.5 Å². The minimum Gasteiger partial charge on any atom is -0.497 e. The zero-order chi connectivity index (χ0) is 27.0. The molecule has 4 N–H and O–H groups in total. The molecule has 0 atom stereocenters. The van der Waals surface area contributed by atoms with Crippen molar-refractivity contribution in [2.24, 2.45) is 12.8 Å². The van der Waals surface area contributed by atoms with Gasteiger partial charge in [-0.05, 0) is 48.9 Å². The van der Waals surface area contributed by atoms with Gasteiger partial charge < -0.3 is 25.6 Å². The molecule has 9 nitrogen and oxygen atoms in total. The molecule has 0 spiro atoms. The molecule has 2 aromatic carbocycles. The van der Waals surface area contributed by atoms with Gasteiger partial charge in [0.05, 0.1) is 24.0 Å². The molecule has 0 aliphatic carbocycles. The number of aliphatic carboxylic acids is 1. The topological polar surface area (TPSA) is 129 Å². The average molecular weight is 529 g/mol. The highest BCUT2D eigenvalue weighted by molar-refractivity contribution is 6.33. The second-order valence-electron chi connectivity index (χ2n) is 7.25. The summed E-state index contributed by atoms with van der Waals surface area (Å²) in [4.78, 5) is 21.7. The van der Waals surface area contributed by atoms with E-state index in [0.29, 0.717) is 52.2 Å². The molecule has 0 bridgehead atoms. The molecule has 36 heavy (non-hydrogen) atoms. The van der Waals surface area contributed by atoms with Gasteiger partial charge in [-0.3, -0.25) is 9.48 Å². The zero-order valence-electron chi connectivity index (χ0n) is 19.5. The molecule has 1 heterocycles. The molecule has 0 unspecified atom stereocenters. The first kappa shape index (κ1) is 28.5. The van der Waals surface area contributed by atoms with E-state index in [1.807, 2.05) is 19.1 Å². The van der Waals surface area contributed by atoms with Crippen LogP contribution in [-0.2, 0) is 11.8 Å². The summed E-state index contributed by atoms with van der Waals surface area (Å²) in [5, 5.41) is 14.7. The number of amides is 1. The Bertz CT molecular complexity index is 1210. The number of aromatic nitrogens is 2. The Morgan fingerprint density at radius 2 is 1.89 bits per heavy atom. The van der Waals surface area contributed by atoms with Gasteiger partial charge in [0, 0.05) is 30.4 Å². The fourth-order valence-corrected chi connectivity index (χ4v) is 3.29. The van der Waals surface area contributed by atoms with Crippen LogP contribution >= 0.6 is 11.6 Å². The van der Waals surface area contributed by atoms with Crippen LogP contribution in [0.1, 0.15) is 15.9 Å². The maximum absolute atomic E-state index is 12.8. The lowest BCUT2D eigenvalue weighted by Crippen LogP contribution is -2.21. The molecule has 0 aliphatic rings. The number of methoxy groups -OCH3 is 1. The Morgan fingerprint density at radius 3 is 2.39 bits per heavy atom. The Morgan fingerprint density at radius 1 is 1.22 bits per heavy atom. The second kappa shape index (κ2) is 12.3. The molecule has 0 radical (unpaired) electrons. The number of carbonyl (C=O) groups is 2. The number of benzene rings is 2. The van der Waals surface area contributed by atoms with Crippen LogP contribution in [0.2, 0.25) is 5.02 Å². The van der Waals surface area contributed by atoms with Crippen LogP contribution in [0.5, 0.6) is 11.5 Å². The summed E-state index contributed by atoms with van der Waals surface area (Å²) >= 11 is 6.33. The molecule has 0 fully saturated rings. The van der Waals surface area contributed by atoms with Gasteiger partial charge in [-0.1, -0.05) is 11.6 Å². The first-order valence-corrected chi connectivity index (χ1v) is 10.7. The molecule has 3 aromatic rings. The number of nitrogens with two attached hydrogens (primary N) is 1. The number of aryl methyl sites for hydroxylation is 2. The van der Waals surface area contributed by atoms with Crippen LogP contribution in [0.4, 0.5) is 18.9 Å². The van der Waals surface area contributed by atoms with E-state index < -0.39 is 12.1 Å². The monoisotopic (exact) mass is 528 g/mol. The first-order valence-electron chi connectivity index (χ1n) is 10.3. The van der Waals surface area contributed by atoms with E-state index in [0.717, 1.165) is 5.56 Å². The quantitative estimate of drug-likeness (QED) is 0.417. The molecule has 1 aromatic heterocycles. The van der Waals surface area contributed by atoms with Gasteiger partial charge in [0.1, 0.15) is 18.1 Å². The number of ether oxygens (including phenoxy) is 2. The SMILES string of the molecule is COc1ccc(C(=O)Nc2ccc(OCCN)c(-c3c(Cl)cnn3C)c2)c(C)c1.O=C(O)C(F)(F)F. The number of alkyl halides is 3. The van der Waals surface area contributed by atoms with Crippen LogP contribution in [0.25, 0.3) is 11.3 Å². The third-order valence-electron chi connectivity index (χ3n) is 4.68. The Labute approximate surface area is 209 Å². The van der Waals surface area contributed by atoms with E-state index in [1.54, 1.807) is 49.3 Å². The lowest BCUT2D eigenvalue weighted by atomic mass is 10.1. The number of carbonyl (C=O) groups excluding carboxylic acids is 1. The van der Waals surface area contributed by atoms with Crippen molar-refractivity contribution in [3.05, 3.63) is 58.7 Å². The molecule has 13 heteroatoms. The van der Waals surface area contributed by atoms with Crippen molar-refractivity contribution in [2.45, 2.75) is 13.1 Å². The molecule has 1 amide bonds. The number of hydrogen-bond acceptors (Lipinski definition) is 6. The molecular weight excluding hydrogens is 505 g/mol. The summed E-state index contributed by atoms with van der Waals surface area (Å²) in [7, 11) is 3.38. The first-order chi connectivity index (χ1) is 16.9. The molecule has 194 valence electrons. The zero-order valence-corrected chi connectivity index (χ0v) is 20.3. The molecular formula is C23H24ClF3N4O5. The number of nitrogens with one attached hydrogen (secondary N) is 1. The average Bonchev–Trinajstić information content (AvgIpc) is 3.15. The third kappa shape index (κ3) is 7.36. The highest BCUT2D eigenvalue weighted by Gasteiger charge is 2.38. The van der Waals surface area contributed by atoms with Crippen LogP contribution in [0.15, 0.2) is 42.6 Å². The standard InChI is InChI=1S/C21H23ClN4O3.C2HF3O2/c1-13-10-15(28-3)5-6-16(13)21(27)25-14-4-7-19(29-9-8-23)17(11-14)20-18(22)12-24-26(20)2;3-2(4,5)1(6)7/h4-7,10-12H,8-9,23H2,1-3H3,(H,25,27);(H,6,7). The van der Waals surface area contributed by atoms with E-state index in [1.165, 1.54) is 0 Å². The minimum atomic E-state index is -5.08. The van der Waals surface area contributed by atoms with Crippen molar-refractivity contribution in [3.8, 4) is 22.8 Å². The predicted molar refractivity (Wildman–Crippen MR) is 128 cm³/mol.